The number of halogens is 2. The van der Waals surface area contributed by atoms with Crippen LogP contribution in [0.1, 0.15) is 32.1 Å². The van der Waals surface area contributed by atoms with Gasteiger partial charge in [-0.15, -0.1) is 0 Å². The van der Waals surface area contributed by atoms with Crippen LogP contribution in [0.5, 0.6) is 0 Å². The summed E-state index contributed by atoms with van der Waals surface area (Å²) >= 11 is 5.42. The number of hydrogen-bond acceptors (Lipinski definition) is 3. The van der Waals surface area contributed by atoms with Gasteiger partial charge in [0.05, 0.1) is 13.2 Å². The third-order valence-corrected chi connectivity index (χ3v) is 8.38. The van der Waals surface area contributed by atoms with Crippen molar-refractivity contribution in [2.45, 2.75) is 52.0 Å². The lowest BCUT2D eigenvalue weighted by atomic mass is 9.77. The molecule has 3 aliphatic rings. The summed E-state index contributed by atoms with van der Waals surface area (Å²) in [5, 5.41) is 0. The molecule has 21 heavy (non-hydrogen) atoms. The molecule has 0 aromatic heterocycles. The maximum Gasteiger partial charge on any atom is 0.0594 e. The smallest absolute Gasteiger partial charge is 0.0594 e. The summed E-state index contributed by atoms with van der Waals surface area (Å²) in [5.41, 5.74) is 0. The molecule has 5 unspecified atom stereocenters. The topological polar surface area (TPSA) is 15.7 Å². The van der Waals surface area contributed by atoms with Crippen molar-refractivity contribution in [1.29, 1.82) is 0 Å². The highest BCUT2D eigenvalue weighted by Crippen LogP contribution is 2.40. The Morgan fingerprint density at radius 3 is 2.48 bits per heavy atom. The summed E-state index contributed by atoms with van der Waals surface area (Å²) in [6, 6.07) is 1.62. The van der Waals surface area contributed by atoms with E-state index < -0.39 is 0 Å². The van der Waals surface area contributed by atoms with Crippen molar-refractivity contribution in [3.8, 4) is 0 Å². The van der Waals surface area contributed by atoms with Crippen molar-refractivity contribution in [1.82, 2.24) is 9.80 Å². The Balaban J connectivity index is 1.65. The first-order valence-corrected chi connectivity index (χ1v) is 10.9. The van der Waals surface area contributed by atoms with Crippen LogP contribution in [0.15, 0.2) is 0 Å². The summed E-state index contributed by atoms with van der Waals surface area (Å²) in [7, 11) is 2.36. The zero-order chi connectivity index (χ0) is 14.8. The number of piperidine rings is 1. The molecule has 122 valence electrons. The zero-order valence-corrected chi connectivity index (χ0v) is 17.3. The molecule has 5 heteroatoms. The molecular weight excluding hydrogens is 490 g/mol. The molecule has 0 aromatic rings. The van der Waals surface area contributed by atoms with Crippen molar-refractivity contribution in [2.24, 2.45) is 5.92 Å². The lowest BCUT2D eigenvalue weighted by Crippen LogP contribution is -2.53. The van der Waals surface area contributed by atoms with Crippen molar-refractivity contribution in [3.63, 3.8) is 0 Å². The van der Waals surface area contributed by atoms with Crippen LogP contribution in [-0.4, -0.2) is 69.6 Å². The molecule has 3 nitrogen and oxygen atoms in total. The van der Waals surface area contributed by atoms with E-state index in [9.17, 15) is 0 Å². The van der Waals surface area contributed by atoms with Gasteiger partial charge >= 0.3 is 0 Å². The van der Waals surface area contributed by atoms with Gasteiger partial charge in [-0.05, 0) is 51.6 Å². The minimum Gasteiger partial charge on any atom is -0.379 e. The van der Waals surface area contributed by atoms with Gasteiger partial charge in [-0.1, -0.05) is 45.2 Å². The van der Waals surface area contributed by atoms with Crippen molar-refractivity contribution < 1.29 is 4.74 Å². The van der Waals surface area contributed by atoms with Gasteiger partial charge in [-0.25, -0.2) is 0 Å². The molecule has 0 amide bonds. The normalized spacial score (nSPS) is 43.9. The molecule has 5 atom stereocenters. The van der Waals surface area contributed by atoms with Gasteiger partial charge in [0.15, 0.2) is 0 Å². The minimum atomic E-state index is 0.811. The Labute approximate surface area is 156 Å². The predicted molar refractivity (Wildman–Crippen MR) is 105 cm³/mol. The molecule has 2 heterocycles. The number of alkyl halides is 2. The average molecular weight is 518 g/mol. The summed E-state index contributed by atoms with van der Waals surface area (Å²) in [6.45, 7) is 5.47. The third-order valence-electron chi connectivity index (χ3n) is 5.70. The number of ether oxygens (including phenoxy) is 1. The van der Waals surface area contributed by atoms with Gasteiger partial charge in [-0.2, -0.15) is 0 Å². The number of nitrogens with zero attached hydrogens (tertiary/aromatic N) is 2. The van der Waals surface area contributed by atoms with Gasteiger partial charge < -0.3 is 9.64 Å². The lowest BCUT2D eigenvalue weighted by molar-refractivity contribution is -0.00402. The highest BCUT2D eigenvalue weighted by Gasteiger charge is 2.40. The standard InChI is InChI=1S/C16H28I2N2O/c1-19-5-4-12(17)10-16(19)14-11-13(2-3-15(14)18)20-6-8-21-9-7-20/h12-16H,2-11H2,1H3. The second kappa shape index (κ2) is 7.94. The Bertz CT molecular complexity index is 338. The van der Waals surface area contributed by atoms with Crippen LogP contribution in [0, 0.1) is 5.92 Å². The molecule has 3 rings (SSSR count). The van der Waals surface area contributed by atoms with E-state index in [1.54, 1.807) is 0 Å². The maximum absolute atomic E-state index is 5.53. The zero-order valence-electron chi connectivity index (χ0n) is 13.0. The molecule has 0 aromatic carbocycles. The summed E-state index contributed by atoms with van der Waals surface area (Å²) < 4.78 is 7.29. The van der Waals surface area contributed by atoms with Crippen LogP contribution < -0.4 is 0 Å². The molecule has 2 saturated heterocycles. The number of rotatable bonds is 2. The highest BCUT2D eigenvalue weighted by atomic mass is 127. The molecule has 0 N–H and O–H groups in total. The summed E-state index contributed by atoms with van der Waals surface area (Å²) in [4.78, 5) is 5.37. The predicted octanol–water partition coefficient (Wildman–Crippen LogP) is 3.19. The van der Waals surface area contributed by atoms with Gasteiger partial charge in [0.1, 0.15) is 0 Å². The van der Waals surface area contributed by atoms with E-state index in [0.29, 0.717) is 0 Å². The van der Waals surface area contributed by atoms with Gasteiger partial charge in [0.25, 0.3) is 0 Å². The summed E-state index contributed by atoms with van der Waals surface area (Å²) in [6.07, 6.45) is 6.99. The largest absolute Gasteiger partial charge is 0.379 e. The van der Waals surface area contributed by atoms with E-state index in [0.717, 1.165) is 52.2 Å². The van der Waals surface area contributed by atoms with Crippen LogP contribution in [0.25, 0.3) is 0 Å². The fraction of sp³-hybridized carbons (Fsp3) is 1.00. The molecule has 3 fully saturated rings. The second-order valence-corrected chi connectivity index (χ2v) is 10.3. The van der Waals surface area contributed by atoms with E-state index in [1.165, 1.54) is 38.6 Å². The highest BCUT2D eigenvalue weighted by molar-refractivity contribution is 14.1. The quantitative estimate of drug-likeness (QED) is 0.413. The first-order valence-electron chi connectivity index (χ1n) is 8.45. The molecule has 0 spiro atoms. The van der Waals surface area contributed by atoms with Crippen LogP contribution in [0.4, 0.5) is 0 Å². The van der Waals surface area contributed by atoms with E-state index in [1.807, 2.05) is 0 Å². The van der Waals surface area contributed by atoms with Crippen LogP contribution in [0.3, 0.4) is 0 Å². The van der Waals surface area contributed by atoms with Crippen molar-refractivity contribution >= 4 is 45.2 Å². The van der Waals surface area contributed by atoms with Gasteiger partial charge in [0, 0.05) is 33.0 Å². The SMILES string of the molecule is CN1CCC(I)CC1C1CC(N2CCOCC2)CCC1I. The Morgan fingerprint density at radius 2 is 1.71 bits per heavy atom. The minimum absolute atomic E-state index is 0.811. The van der Waals surface area contributed by atoms with Gasteiger partial charge in [0.2, 0.25) is 0 Å². The maximum atomic E-state index is 5.53. The molecule has 2 aliphatic heterocycles. The fourth-order valence-corrected chi connectivity index (χ4v) is 6.32. The Kier molecular flexibility index (Phi) is 6.49. The second-order valence-electron chi connectivity index (χ2n) is 6.96. The van der Waals surface area contributed by atoms with Crippen molar-refractivity contribution in [3.05, 3.63) is 0 Å². The van der Waals surface area contributed by atoms with Gasteiger partial charge in [-0.3, -0.25) is 4.90 Å². The average Bonchev–Trinajstić information content (AvgIpc) is 2.51. The lowest BCUT2D eigenvalue weighted by Gasteiger charge is -2.47. The molecule has 1 aliphatic carbocycles. The Hall–Kier alpha value is 1.34. The van der Waals surface area contributed by atoms with E-state index in [-0.39, 0.29) is 0 Å². The van der Waals surface area contributed by atoms with Crippen molar-refractivity contribution in [2.75, 3.05) is 39.9 Å². The first-order chi connectivity index (χ1) is 10.1. The first kappa shape index (κ1) is 17.2. The molecule has 1 saturated carbocycles. The number of morpholine rings is 1. The van der Waals surface area contributed by atoms with E-state index in [2.05, 4.69) is 62.0 Å². The van der Waals surface area contributed by atoms with Crippen LogP contribution in [0.2, 0.25) is 0 Å². The van der Waals surface area contributed by atoms with Crippen LogP contribution >= 0.6 is 45.2 Å². The molecular formula is C16H28I2N2O. The fourth-order valence-electron chi connectivity index (χ4n) is 4.39. The number of likely N-dealkylation sites (tertiary alicyclic amines) is 1. The molecule has 0 bridgehead atoms. The number of hydrogen-bond donors (Lipinski definition) is 0. The Morgan fingerprint density at radius 1 is 0.952 bits per heavy atom. The monoisotopic (exact) mass is 518 g/mol. The summed E-state index contributed by atoms with van der Waals surface area (Å²) in [5.74, 6) is 0.884. The van der Waals surface area contributed by atoms with E-state index >= 15 is 0 Å². The third kappa shape index (κ3) is 4.25. The molecule has 0 radical (unpaired) electrons. The van der Waals surface area contributed by atoms with Crippen LogP contribution in [-0.2, 0) is 4.74 Å². The van der Waals surface area contributed by atoms with E-state index in [4.69, 9.17) is 4.74 Å².